The van der Waals surface area contributed by atoms with E-state index in [1.807, 2.05) is 18.2 Å². The van der Waals surface area contributed by atoms with Crippen molar-refractivity contribution in [3.05, 3.63) is 89.5 Å². The molecule has 8 heteroatoms. The zero-order chi connectivity index (χ0) is 26.9. The molecule has 0 radical (unpaired) electrons. The van der Waals surface area contributed by atoms with Crippen molar-refractivity contribution in [2.75, 3.05) is 13.1 Å². The Hall–Kier alpha value is -4.12. The van der Waals surface area contributed by atoms with Gasteiger partial charge in [0.2, 0.25) is 0 Å². The van der Waals surface area contributed by atoms with Gasteiger partial charge in [-0.1, -0.05) is 36.4 Å². The molecule has 3 aromatic carbocycles. The highest BCUT2D eigenvalue weighted by molar-refractivity contribution is 6.03. The van der Waals surface area contributed by atoms with Crippen LogP contribution >= 0.6 is 0 Å². The summed E-state index contributed by atoms with van der Waals surface area (Å²) in [5.74, 6) is -0.339. The zero-order valence-corrected chi connectivity index (χ0v) is 20.5. The fourth-order valence-electron chi connectivity index (χ4n) is 5.46. The number of hydrogen-bond acceptors (Lipinski definition) is 4. The molecule has 1 amide bonds. The van der Waals surface area contributed by atoms with Crippen LogP contribution in [-0.4, -0.2) is 35.3 Å². The van der Waals surface area contributed by atoms with Gasteiger partial charge in [0.05, 0.1) is 23.1 Å². The van der Waals surface area contributed by atoms with Crippen LogP contribution in [0.5, 0.6) is 5.75 Å². The highest BCUT2D eigenvalue weighted by Gasteiger charge is 2.51. The Kier molecular flexibility index (Phi) is 6.70. The van der Waals surface area contributed by atoms with Crippen LogP contribution in [0.1, 0.15) is 52.0 Å². The summed E-state index contributed by atoms with van der Waals surface area (Å²) in [6.07, 6.45) is -3.02. The standard InChI is InChI=1S/C30H25F3N2O3/c31-30(32,33)23-11-8-20(9-12-23)22-10-13-24-26(19-22)38-29(25(27(24)36)7-4-16-34)14-17-35(18-15-29)28(37)21-5-2-1-3-6-21/h1-3,5-6,8-13,19,25H,4,7,14-15,17-18H2. The molecule has 0 saturated carbocycles. The number of nitriles is 1. The van der Waals surface area contributed by atoms with Gasteiger partial charge >= 0.3 is 6.18 Å². The Balaban J connectivity index is 1.43. The number of carbonyl (C=O) groups excluding carboxylic acids is 2. The lowest BCUT2D eigenvalue weighted by Gasteiger charge is -2.48. The van der Waals surface area contributed by atoms with E-state index < -0.39 is 23.3 Å². The van der Waals surface area contributed by atoms with Crippen molar-refractivity contribution in [3.8, 4) is 22.9 Å². The molecule has 1 atom stereocenters. The van der Waals surface area contributed by atoms with E-state index in [1.54, 1.807) is 35.2 Å². The number of benzene rings is 3. The Morgan fingerprint density at radius 2 is 1.66 bits per heavy atom. The van der Waals surface area contributed by atoms with Gasteiger partial charge in [0.1, 0.15) is 11.4 Å². The molecule has 2 aliphatic heterocycles. The van der Waals surface area contributed by atoms with Crippen molar-refractivity contribution in [2.45, 2.75) is 37.5 Å². The van der Waals surface area contributed by atoms with Crippen molar-refractivity contribution in [1.82, 2.24) is 4.90 Å². The molecular weight excluding hydrogens is 493 g/mol. The number of nitrogens with zero attached hydrogens (tertiary/aromatic N) is 2. The van der Waals surface area contributed by atoms with Gasteiger partial charge in [0, 0.05) is 37.9 Å². The van der Waals surface area contributed by atoms with E-state index in [0.717, 1.165) is 12.1 Å². The second kappa shape index (κ2) is 9.97. The summed E-state index contributed by atoms with van der Waals surface area (Å²) in [6, 6.07) is 21.0. The number of ketones is 1. The third-order valence-electron chi connectivity index (χ3n) is 7.52. The van der Waals surface area contributed by atoms with Gasteiger partial charge in [-0.15, -0.1) is 0 Å². The van der Waals surface area contributed by atoms with Crippen molar-refractivity contribution >= 4 is 11.7 Å². The molecule has 0 N–H and O–H groups in total. The molecule has 1 saturated heterocycles. The average Bonchev–Trinajstić information content (AvgIpc) is 2.93. The summed E-state index contributed by atoms with van der Waals surface area (Å²) in [5.41, 5.74) is 0.594. The van der Waals surface area contributed by atoms with E-state index in [9.17, 15) is 28.0 Å². The van der Waals surface area contributed by atoms with Gasteiger partial charge in [0.15, 0.2) is 5.78 Å². The molecule has 0 aliphatic carbocycles. The number of hydrogen-bond donors (Lipinski definition) is 0. The minimum Gasteiger partial charge on any atom is -0.486 e. The lowest BCUT2D eigenvalue weighted by molar-refractivity contribution is -0.137. The topological polar surface area (TPSA) is 70.4 Å². The molecule has 1 spiro atoms. The van der Waals surface area contributed by atoms with E-state index in [-0.39, 0.29) is 18.1 Å². The summed E-state index contributed by atoms with van der Waals surface area (Å²) < 4.78 is 45.5. The summed E-state index contributed by atoms with van der Waals surface area (Å²) >= 11 is 0. The fraction of sp³-hybridized carbons (Fsp3) is 0.300. The number of amides is 1. The van der Waals surface area contributed by atoms with Gasteiger partial charge in [-0.05, 0) is 53.9 Å². The van der Waals surface area contributed by atoms with Crippen molar-refractivity contribution in [3.63, 3.8) is 0 Å². The van der Waals surface area contributed by atoms with Crippen LogP contribution < -0.4 is 4.74 Å². The van der Waals surface area contributed by atoms with E-state index >= 15 is 0 Å². The Labute approximate surface area is 218 Å². The van der Waals surface area contributed by atoms with Gasteiger partial charge in [-0.25, -0.2) is 0 Å². The molecule has 194 valence electrons. The predicted octanol–water partition coefficient (Wildman–Crippen LogP) is 6.54. The number of fused-ring (bicyclic) bond motifs is 1. The lowest BCUT2D eigenvalue weighted by atomic mass is 9.71. The van der Waals surface area contributed by atoms with E-state index in [0.29, 0.717) is 60.4 Å². The first-order valence-corrected chi connectivity index (χ1v) is 12.5. The van der Waals surface area contributed by atoms with Crippen LogP contribution in [0.3, 0.4) is 0 Å². The molecule has 1 unspecified atom stereocenters. The van der Waals surface area contributed by atoms with E-state index in [1.165, 1.54) is 12.1 Å². The number of halogens is 3. The molecule has 38 heavy (non-hydrogen) atoms. The first kappa shape index (κ1) is 25.5. The number of piperidine rings is 1. The SMILES string of the molecule is N#CCCC1C(=O)c2ccc(-c3ccc(C(F)(F)F)cc3)cc2OC12CCN(C(=O)c1ccccc1)CC2. The number of Topliss-reactive ketones (excluding diaryl/α,β-unsaturated/α-hetero) is 1. The van der Waals surface area contributed by atoms with Gasteiger partial charge in [0.25, 0.3) is 5.91 Å². The first-order valence-electron chi connectivity index (χ1n) is 12.5. The van der Waals surface area contributed by atoms with E-state index in [2.05, 4.69) is 6.07 Å². The largest absolute Gasteiger partial charge is 0.486 e. The summed E-state index contributed by atoms with van der Waals surface area (Å²) in [4.78, 5) is 28.4. The van der Waals surface area contributed by atoms with Gasteiger partial charge in [-0.2, -0.15) is 18.4 Å². The molecule has 5 nitrogen and oxygen atoms in total. The smallest absolute Gasteiger partial charge is 0.416 e. The molecular formula is C30H25F3N2O3. The fourth-order valence-corrected chi connectivity index (χ4v) is 5.46. The third-order valence-corrected chi connectivity index (χ3v) is 7.52. The summed E-state index contributed by atoms with van der Waals surface area (Å²) in [5, 5.41) is 9.21. The Morgan fingerprint density at radius 3 is 2.29 bits per heavy atom. The monoisotopic (exact) mass is 518 g/mol. The number of rotatable bonds is 4. The molecule has 0 bridgehead atoms. The van der Waals surface area contributed by atoms with Crippen LogP contribution in [0, 0.1) is 17.2 Å². The highest BCUT2D eigenvalue weighted by atomic mass is 19.4. The van der Waals surface area contributed by atoms with Gasteiger partial charge in [-0.3, -0.25) is 9.59 Å². The van der Waals surface area contributed by atoms with Crippen molar-refractivity contribution in [2.24, 2.45) is 5.92 Å². The molecule has 2 aliphatic rings. The summed E-state index contributed by atoms with van der Waals surface area (Å²) in [6.45, 7) is 0.802. The average molecular weight is 519 g/mol. The maximum atomic E-state index is 13.6. The minimum absolute atomic E-state index is 0.0823. The minimum atomic E-state index is -4.43. The zero-order valence-electron chi connectivity index (χ0n) is 20.5. The predicted molar refractivity (Wildman–Crippen MR) is 134 cm³/mol. The van der Waals surface area contributed by atoms with Crippen LogP contribution in [0.2, 0.25) is 0 Å². The molecule has 2 heterocycles. The number of carbonyl (C=O) groups is 2. The second-order valence-electron chi connectivity index (χ2n) is 9.72. The number of ether oxygens (including phenoxy) is 1. The molecule has 5 rings (SSSR count). The van der Waals surface area contributed by atoms with Crippen LogP contribution in [-0.2, 0) is 6.18 Å². The molecule has 0 aromatic heterocycles. The molecule has 3 aromatic rings. The first-order chi connectivity index (χ1) is 18.2. The highest BCUT2D eigenvalue weighted by Crippen LogP contribution is 2.46. The molecule has 1 fully saturated rings. The summed E-state index contributed by atoms with van der Waals surface area (Å²) in [7, 11) is 0. The van der Waals surface area contributed by atoms with Gasteiger partial charge < -0.3 is 9.64 Å². The maximum Gasteiger partial charge on any atom is 0.416 e. The van der Waals surface area contributed by atoms with Crippen molar-refractivity contribution < 1.29 is 27.5 Å². The van der Waals surface area contributed by atoms with Crippen LogP contribution in [0.15, 0.2) is 72.8 Å². The normalized spacial score (nSPS) is 18.4. The Bertz CT molecular complexity index is 1390. The third kappa shape index (κ3) is 4.76. The van der Waals surface area contributed by atoms with Crippen LogP contribution in [0.4, 0.5) is 13.2 Å². The maximum absolute atomic E-state index is 13.6. The number of likely N-dealkylation sites (tertiary alicyclic amines) is 1. The number of alkyl halides is 3. The lowest BCUT2D eigenvalue weighted by Crippen LogP contribution is -2.57. The van der Waals surface area contributed by atoms with Crippen molar-refractivity contribution in [1.29, 1.82) is 5.26 Å². The second-order valence-corrected chi connectivity index (χ2v) is 9.72. The van der Waals surface area contributed by atoms with E-state index in [4.69, 9.17) is 4.74 Å². The van der Waals surface area contributed by atoms with Crippen LogP contribution in [0.25, 0.3) is 11.1 Å². The quantitative estimate of drug-likeness (QED) is 0.393. The Morgan fingerprint density at radius 1 is 1.00 bits per heavy atom.